The van der Waals surface area contributed by atoms with E-state index in [1.54, 1.807) is 11.9 Å². The fourth-order valence-electron chi connectivity index (χ4n) is 1.52. The molecule has 92 valence electrons. The third kappa shape index (κ3) is 3.03. The highest BCUT2D eigenvalue weighted by Gasteiger charge is 2.20. The molecule has 0 aromatic heterocycles. The molecule has 1 rings (SSSR count). The normalized spacial score (nSPS) is 12.0. The molecule has 0 spiro atoms. The first-order chi connectivity index (χ1) is 7.84. The zero-order valence-electron chi connectivity index (χ0n) is 10.7. The summed E-state index contributed by atoms with van der Waals surface area (Å²) in [6.07, 6.45) is 0. The van der Waals surface area contributed by atoms with Crippen LogP contribution in [0.5, 0.6) is 0 Å². The number of hydrogen-bond acceptors (Lipinski definition) is 2. The number of rotatable bonds is 3. The fourth-order valence-corrected chi connectivity index (χ4v) is 1.68. The standard InChI is InChI=1S/C13H18N2OS/c1-8-5-6-9(2)11(7-8)13(16)15(4)10(3)12(14)17/h5-7,10H,1-4H3,(H2,14,17). The predicted molar refractivity (Wildman–Crippen MR) is 74.3 cm³/mol. The van der Waals surface area contributed by atoms with E-state index in [0.717, 1.165) is 11.1 Å². The highest BCUT2D eigenvalue weighted by Crippen LogP contribution is 2.14. The van der Waals surface area contributed by atoms with Crippen molar-refractivity contribution < 1.29 is 4.79 Å². The topological polar surface area (TPSA) is 46.3 Å². The Morgan fingerprint density at radius 2 is 2.00 bits per heavy atom. The second-order valence-corrected chi connectivity index (χ2v) is 4.78. The molecule has 1 unspecified atom stereocenters. The minimum Gasteiger partial charge on any atom is -0.392 e. The lowest BCUT2D eigenvalue weighted by Crippen LogP contribution is -2.42. The number of benzene rings is 1. The molecule has 17 heavy (non-hydrogen) atoms. The van der Waals surface area contributed by atoms with E-state index >= 15 is 0 Å². The molecule has 1 amide bonds. The summed E-state index contributed by atoms with van der Waals surface area (Å²) < 4.78 is 0. The van der Waals surface area contributed by atoms with Gasteiger partial charge in [-0.25, -0.2) is 0 Å². The van der Waals surface area contributed by atoms with Crippen molar-refractivity contribution >= 4 is 23.1 Å². The SMILES string of the molecule is Cc1ccc(C)c(C(=O)N(C)C(C)C(N)=S)c1. The van der Waals surface area contributed by atoms with Crippen molar-refractivity contribution in [3.63, 3.8) is 0 Å². The van der Waals surface area contributed by atoms with Gasteiger partial charge in [-0.05, 0) is 32.4 Å². The summed E-state index contributed by atoms with van der Waals surface area (Å²) in [6, 6.07) is 5.59. The maximum atomic E-state index is 12.3. The molecule has 1 aromatic rings. The van der Waals surface area contributed by atoms with Crippen molar-refractivity contribution in [1.29, 1.82) is 0 Å². The fraction of sp³-hybridized carbons (Fsp3) is 0.385. The molecule has 0 saturated carbocycles. The average molecular weight is 250 g/mol. The number of aryl methyl sites for hydroxylation is 2. The van der Waals surface area contributed by atoms with Crippen LogP contribution in [0.3, 0.4) is 0 Å². The number of likely N-dealkylation sites (N-methyl/N-ethyl adjacent to an activating group) is 1. The molecule has 0 aliphatic rings. The van der Waals surface area contributed by atoms with Gasteiger partial charge >= 0.3 is 0 Å². The summed E-state index contributed by atoms with van der Waals surface area (Å²) in [5, 5.41) is 0. The number of hydrogen-bond donors (Lipinski definition) is 1. The lowest BCUT2D eigenvalue weighted by Gasteiger charge is -2.24. The molecule has 0 saturated heterocycles. The van der Waals surface area contributed by atoms with E-state index in [1.807, 2.05) is 39.0 Å². The largest absolute Gasteiger partial charge is 0.392 e. The number of nitrogens with zero attached hydrogens (tertiary/aromatic N) is 1. The lowest BCUT2D eigenvalue weighted by atomic mass is 10.0. The van der Waals surface area contributed by atoms with Gasteiger partial charge in [0, 0.05) is 12.6 Å². The van der Waals surface area contributed by atoms with Gasteiger partial charge in [0.15, 0.2) is 0 Å². The van der Waals surface area contributed by atoms with Crippen LogP contribution in [0, 0.1) is 13.8 Å². The van der Waals surface area contributed by atoms with Crippen LogP contribution in [0.15, 0.2) is 18.2 Å². The minimum absolute atomic E-state index is 0.0495. The molecule has 0 aliphatic carbocycles. The Hall–Kier alpha value is -1.42. The monoisotopic (exact) mass is 250 g/mol. The van der Waals surface area contributed by atoms with Crippen LogP contribution in [0.2, 0.25) is 0 Å². The van der Waals surface area contributed by atoms with Crippen LogP contribution in [0.4, 0.5) is 0 Å². The first-order valence-electron chi connectivity index (χ1n) is 5.48. The zero-order valence-corrected chi connectivity index (χ0v) is 11.5. The second-order valence-electron chi connectivity index (χ2n) is 4.31. The van der Waals surface area contributed by atoms with E-state index in [2.05, 4.69) is 0 Å². The van der Waals surface area contributed by atoms with Crippen LogP contribution in [-0.2, 0) is 0 Å². The zero-order chi connectivity index (χ0) is 13.2. The average Bonchev–Trinajstić information content (AvgIpc) is 2.29. The molecule has 3 nitrogen and oxygen atoms in total. The van der Waals surface area contributed by atoms with Gasteiger partial charge in [-0.15, -0.1) is 0 Å². The van der Waals surface area contributed by atoms with Crippen molar-refractivity contribution in [3.8, 4) is 0 Å². The Kier molecular flexibility index (Phi) is 4.23. The van der Waals surface area contributed by atoms with Gasteiger partial charge in [-0.2, -0.15) is 0 Å². The molecule has 1 atom stereocenters. The van der Waals surface area contributed by atoms with Crippen molar-refractivity contribution in [2.24, 2.45) is 5.73 Å². The summed E-state index contributed by atoms with van der Waals surface area (Å²) in [6.45, 7) is 5.71. The van der Waals surface area contributed by atoms with E-state index in [-0.39, 0.29) is 11.9 Å². The van der Waals surface area contributed by atoms with Crippen molar-refractivity contribution in [1.82, 2.24) is 4.90 Å². The van der Waals surface area contributed by atoms with Crippen molar-refractivity contribution in [2.45, 2.75) is 26.8 Å². The van der Waals surface area contributed by atoms with Gasteiger partial charge in [-0.1, -0.05) is 29.9 Å². The number of thiocarbonyl (C=S) groups is 1. The summed E-state index contributed by atoms with van der Waals surface area (Å²) in [4.78, 5) is 14.2. The Balaban J connectivity index is 3.04. The van der Waals surface area contributed by atoms with Crippen LogP contribution < -0.4 is 5.73 Å². The Morgan fingerprint density at radius 1 is 1.41 bits per heavy atom. The molecule has 0 fully saturated rings. The Morgan fingerprint density at radius 3 is 2.53 bits per heavy atom. The Labute approximate surface area is 108 Å². The quantitative estimate of drug-likeness (QED) is 0.835. The first kappa shape index (κ1) is 13.6. The lowest BCUT2D eigenvalue weighted by molar-refractivity contribution is 0.0778. The number of carbonyl (C=O) groups is 1. The van der Waals surface area contributed by atoms with E-state index in [0.29, 0.717) is 10.6 Å². The molecule has 0 radical (unpaired) electrons. The van der Waals surface area contributed by atoms with E-state index in [1.165, 1.54) is 0 Å². The second kappa shape index (κ2) is 5.27. The maximum Gasteiger partial charge on any atom is 0.254 e. The maximum absolute atomic E-state index is 12.3. The molecular formula is C13H18N2OS. The number of amides is 1. The summed E-state index contributed by atoms with van der Waals surface area (Å²) in [5.41, 5.74) is 8.29. The third-order valence-corrected chi connectivity index (χ3v) is 3.28. The van der Waals surface area contributed by atoms with Gasteiger partial charge in [0.1, 0.15) is 0 Å². The van der Waals surface area contributed by atoms with Gasteiger partial charge < -0.3 is 10.6 Å². The first-order valence-corrected chi connectivity index (χ1v) is 5.89. The van der Waals surface area contributed by atoms with Gasteiger partial charge in [0.05, 0.1) is 11.0 Å². The van der Waals surface area contributed by atoms with Gasteiger partial charge in [-0.3, -0.25) is 4.79 Å². The highest BCUT2D eigenvalue weighted by molar-refractivity contribution is 7.80. The number of carbonyl (C=O) groups excluding carboxylic acids is 1. The van der Waals surface area contributed by atoms with E-state index < -0.39 is 0 Å². The highest BCUT2D eigenvalue weighted by atomic mass is 32.1. The molecule has 2 N–H and O–H groups in total. The molecule has 0 bridgehead atoms. The molecule has 0 heterocycles. The predicted octanol–water partition coefficient (Wildman–Crippen LogP) is 2.05. The van der Waals surface area contributed by atoms with Crippen LogP contribution in [0.25, 0.3) is 0 Å². The van der Waals surface area contributed by atoms with Gasteiger partial charge in [0.2, 0.25) is 0 Å². The number of nitrogens with two attached hydrogens (primary N) is 1. The van der Waals surface area contributed by atoms with E-state index in [9.17, 15) is 4.79 Å². The molecule has 4 heteroatoms. The van der Waals surface area contributed by atoms with Crippen molar-refractivity contribution in [2.75, 3.05) is 7.05 Å². The third-order valence-electron chi connectivity index (χ3n) is 2.94. The molecule has 1 aromatic carbocycles. The molecular weight excluding hydrogens is 232 g/mol. The van der Waals surface area contributed by atoms with Crippen molar-refractivity contribution in [3.05, 3.63) is 34.9 Å². The Bertz CT molecular complexity index is 457. The van der Waals surface area contributed by atoms with Gasteiger partial charge in [0.25, 0.3) is 5.91 Å². The van der Waals surface area contributed by atoms with Crippen LogP contribution in [0.1, 0.15) is 28.4 Å². The summed E-state index contributed by atoms with van der Waals surface area (Å²) in [5.74, 6) is -0.0495. The van der Waals surface area contributed by atoms with E-state index in [4.69, 9.17) is 18.0 Å². The summed E-state index contributed by atoms with van der Waals surface area (Å²) >= 11 is 4.91. The smallest absolute Gasteiger partial charge is 0.254 e. The summed E-state index contributed by atoms with van der Waals surface area (Å²) in [7, 11) is 1.72. The minimum atomic E-state index is -0.239. The van der Waals surface area contributed by atoms with Crippen LogP contribution >= 0.6 is 12.2 Å². The van der Waals surface area contributed by atoms with Crippen LogP contribution in [-0.4, -0.2) is 28.9 Å². The molecule has 0 aliphatic heterocycles.